The number of nitrogens with one attached hydrogen (secondary N) is 1. The van der Waals surface area contributed by atoms with Gasteiger partial charge in [0.05, 0.1) is 11.7 Å². The van der Waals surface area contributed by atoms with Gasteiger partial charge in [0.25, 0.3) is 0 Å². The largest absolute Gasteiger partial charge is 0.362 e. The van der Waals surface area contributed by atoms with Gasteiger partial charge >= 0.3 is 6.03 Å². The van der Waals surface area contributed by atoms with Gasteiger partial charge in [-0.15, -0.1) is 0 Å². The fraction of sp³-hybridized carbons (Fsp3) is 0.483. The predicted molar refractivity (Wildman–Crippen MR) is 146 cm³/mol. The number of anilines is 2. The molecule has 1 aromatic heterocycles. The van der Waals surface area contributed by atoms with E-state index in [1.54, 1.807) is 0 Å². The molecule has 190 valence electrons. The van der Waals surface area contributed by atoms with Crippen LogP contribution in [-0.4, -0.2) is 47.1 Å². The Labute approximate surface area is 214 Å². The summed E-state index contributed by atoms with van der Waals surface area (Å²) in [4.78, 5) is 26.4. The van der Waals surface area contributed by atoms with Gasteiger partial charge in [-0.1, -0.05) is 42.5 Å². The Morgan fingerprint density at radius 3 is 2.47 bits per heavy atom. The lowest BCUT2D eigenvalue weighted by Crippen LogP contribution is -2.47. The molecule has 5 rings (SSSR count). The van der Waals surface area contributed by atoms with Crippen LogP contribution >= 0.6 is 0 Å². The maximum Gasteiger partial charge on any atom is 0.315 e. The fourth-order valence-electron chi connectivity index (χ4n) is 6.14. The average Bonchev–Trinajstić information content (AvgIpc) is 2.88. The first-order valence-corrected chi connectivity index (χ1v) is 13.3. The van der Waals surface area contributed by atoms with Crippen molar-refractivity contribution in [2.45, 2.75) is 76.4 Å². The molecule has 0 spiro atoms. The zero-order chi connectivity index (χ0) is 25.2. The highest BCUT2D eigenvalue weighted by atomic mass is 16.2. The standard InChI is InChI=1S/C29H38N6O/c1-19(23-13-8-10-20-9-4-5-11-24(20)23)35(28(30)36)22-17-15-21(16-18-22)31-29-32-26-14-7-6-12-25(26)27(33-29)34(2)3/h4-5,8-11,13,19,21-22H,6-7,12,14-18H2,1-3H3,(H2,30,36)(H,31,32,33). The van der Waals surface area contributed by atoms with Crippen molar-refractivity contribution in [3.8, 4) is 0 Å². The molecule has 1 atom stereocenters. The third-order valence-electron chi connectivity index (χ3n) is 7.95. The molecule has 0 radical (unpaired) electrons. The van der Waals surface area contributed by atoms with Crippen LogP contribution in [0.25, 0.3) is 10.8 Å². The Bertz CT molecular complexity index is 1230. The average molecular weight is 487 g/mol. The molecular formula is C29H38N6O. The Kier molecular flexibility index (Phi) is 6.99. The monoisotopic (exact) mass is 486 g/mol. The van der Waals surface area contributed by atoms with Crippen molar-refractivity contribution < 1.29 is 4.79 Å². The van der Waals surface area contributed by atoms with E-state index < -0.39 is 0 Å². The number of aromatic nitrogens is 2. The van der Waals surface area contributed by atoms with Crippen LogP contribution in [0.4, 0.5) is 16.6 Å². The quantitative estimate of drug-likeness (QED) is 0.484. The van der Waals surface area contributed by atoms with E-state index in [9.17, 15) is 4.79 Å². The zero-order valence-electron chi connectivity index (χ0n) is 21.7. The SMILES string of the molecule is CC(c1cccc2ccccc12)N(C(N)=O)C1CCC(Nc2nc3c(c(N(C)C)n2)CCCC3)CC1. The molecule has 7 nitrogen and oxygen atoms in total. The summed E-state index contributed by atoms with van der Waals surface area (Å²) in [5.74, 6) is 1.78. The number of benzene rings is 2. The van der Waals surface area contributed by atoms with Gasteiger partial charge in [0, 0.05) is 31.7 Å². The van der Waals surface area contributed by atoms with E-state index in [-0.39, 0.29) is 18.1 Å². The highest BCUT2D eigenvalue weighted by Crippen LogP contribution is 2.34. The number of hydrogen-bond acceptors (Lipinski definition) is 5. The van der Waals surface area contributed by atoms with Crippen molar-refractivity contribution in [3.63, 3.8) is 0 Å². The molecule has 2 aliphatic carbocycles. The number of aryl methyl sites for hydroxylation is 1. The van der Waals surface area contributed by atoms with E-state index in [0.29, 0.717) is 6.04 Å². The van der Waals surface area contributed by atoms with E-state index in [1.165, 1.54) is 34.9 Å². The Hall–Kier alpha value is -3.35. The first-order valence-electron chi connectivity index (χ1n) is 13.3. The van der Waals surface area contributed by atoms with Crippen LogP contribution in [0, 0.1) is 0 Å². The van der Waals surface area contributed by atoms with Gasteiger partial charge in [0.1, 0.15) is 5.82 Å². The van der Waals surface area contributed by atoms with Gasteiger partial charge in [-0.05, 0) is 74.6 Å². The lowest BCUT2D eigenvalue weighted by molar-refractivity contribution is 0.134. The van der Waals surface area contributed by atoms with E-state index >= 15 is 0 Å². The first kappa shape index (κ1) is 24.3. The molecule has 2 amide bonds. The number of carbonyl (C=O) groups excluding carboxylic acids is 1. The van der Waals surface area contributed by atoms with Crippen molar-refractivity contribution in [1.29, 1.82) is 0 Å². The molecular weight excluding hydrogens is 448 g/mol. The molecule has 0 bridgehead atoms. The molecule has 1 unspecified atom stereocenters. The smallest absolute Gasteiger partial charge is 0.315 e. The fourth-order valence-corrected chi connectivity index (χ4v) is 6.14. The maximum atomic E-state index is 12.7. The minimum atomic E-state index is -0.347. The molecule has 2 aromatic carbocycles. The Morgan fingerprint density at radius 1 is 1.00 bits per heavy atom. The second kappa shape index (κ2) is 10.3. The van der Waals surface area contributed by atoms with Crippen molar-refractivity contribution in [3.05, 3.63) is 59.3 Å². The first-order chi connectivity index (χ1) is 17.4. The minimum absolute atomic E-state index is 0.0882. The van der Waals surface area contributed by atoms with Crippen LogP contribution in [0.1, 0.15) is 68.3 Å². The normalized spacial score (nSPS) is 20.4. The van der Waals surface area contributed by atoms with Crippen LogP contribution in [-0.2, 0) is 12.8 Å². The van der Waals surface area contributed by atoms with Crippen molar-refractivity contribution in [2.24, 2.45) is 5.73 Å². The number of rotatable bonds is 6. The van der Waals surface area contributed by atoms with Gasteiger partial charge in [-0.2, -0.15) is 4.98 Å². The number of primary amides is 1. The molecule has 1 saturated carbocycles. The van der Waals surface area contributed by atoms with Crippen LogP contribution in [0.3, 0.4) is 0 Å². The predicted octanol–water partition coefficient (Wildman–Crippen LogP) is 5.44. The van der Waals surface area contributed by atoms with Crippen molar-refractivity contribution >= 4 is 28.6 Å². The lowest BCUT2D eigenvalue weighted by atomic mass is 9.88. The van der Waals surface area contributed by atoms with Crippen LogP contribution in [0.5, 0.6) is 0 Å². The number of carbonyl (C=O) groups is 1. The summed E-state index contributed by atoms with van der Waals surface area (Å²) in [5.41, 5.74) is 9.61. The maximum absolute atomic E-state index is 12.7. The number of urea groups is 1. The summed E-state index contributed by atoms with van der Waals surface area (Å²) in [6.07, 6.45) is 8.21. The number of hydrogen-bond donors (Lipinski definition) is 2. The molecule has 1 heterocycles. The molecule has 3 N–H and O–H groups in total. The van der Waals surface area contributed by atoms with E-state index in [2.05, 4.69) is 67.6 Å². The summed E-state index contributed by atoms with van der Waals surface area (Å²) in [5, 5.41) is 5.97. The number of fused-ring (bicyclic) bond motifs is 2. The Balaban J connectivity index is 1.29. The molecule has 2 aliphatic rings. The number of amides is 2. The molecule has 0 aliphatic heterocycles. The zero-order valence-corrected chi connectivity index (χ0v) is 21.7. The molecule has 3 aromatic rings. The van der Waals surface area contributed by atoms with Crippen molar-refractivity contribution in [1.82, 2.24) is 14.9 Å². The van der Waals surface area contributed by atoms with E-state index in [0.717, 1.165) is 55.9 Å². The third kappa shape index (κ3) is 4.84. The summed E-state index contributed by atoms with van der Waals surface area (Å²) < 4.78 is 0. The number of nitrogens with two attached hydrogens (primary N) is 1. The van der Waals surface area contributed by atoms with Gasteiger partial charge in [0.15, 0.2) is 0 Å². The van der Waals surface area contributed by atoms with Crippen LogP contribution in [0.15, 0.2) is 42.5 Å². The molecule has 1 fully saturated rings. The number of nitrogens with zero attached hydrogens (tertiary/aromatic N) is 4. The second-order valence-corrected chi connectivity index (χ2v) is 10.5. The van der Waals surface area contributed by atoms with Crippen LogP contribution in [0.2, 0.25) is 0 Å². The van der Waals surface area contributed by atoms with Gasteiger partial charge in [0.2, 0.25) is 5.95 Å². The Morgan fingerprint density at radius 2 is 1.72 bits per heavy atom. The lowest BCUT2D eigenvalue weighted by Gasteiger charge is -2.40. The van der Waals surface area contributed by atoms with Gasteiger partial charge in [-0.25, -0.2) is 9.78 Å². The summed E-state index contributed by atoms with van der Waals surface area (Å²) >= 11 is 0. The topological polar surface area (TPSA) is 87.4 Å². The van der Waals surface area contributed by atoms with Gasteiger partial charge in [-0.3, -0.25) is 0 Å². The van der Waals surface area contributed by atoms with Crippen LogP contribution < -0.4 is 16.0 Å². The molecule has 7 heteroatoms. The highest BCUT2D eigenvalue weighted by Gasteiger charge is 2.32. The van der Waals surface area contributed by atoms with E-state index in [4.69, 9.17) is 15.7 Å². The third-order valence-corrected chi connectivity index (χ3v) is 7.95. The molecule has 0 saturated heterocycles. The summed E-state index contributed by atoms with van der Waals surface area (Å²) in [6.45, 7) is 2.10. The second-order valence-electron chi connectivity index (χ2n) is 10.5. The van der Waals surface area contributed by atoms with Crippen molar-refractivity contribution in [2.75, 3.05) is 24.3 Å². The summed E-state index contributed by atoms with van der Waals surface area (Å²) in [7, 11) is 4.11. The summed E-state index contributed by atoms with van der Waals surface area (Å²) in [6, 6.07) is 14.6. The highest BCUT2D eigenvalue weighted by molar-refractivity contribution is 5.86. The minimum Gasteiger partial charge on any atom is -0.362 e. The van der Waals surface area contributed by atoms with Gasteiger partial charge < -0.3 is 20.9 Å². The van der Waals surface area contributed by atoms with E-state index in [1.807, 2.05) is 11.0 Å². The molecule has 36 heavy (non-hydrogen) atoms.